The number of carboxylic acid groups (broad SMARTS) is 1. The number of carbonyl (C=O) groups excluding carboxylic acids is 1. The van der Waals surface area contributed by atoms with E-state index in [0.29, 0.717) is 10.2 Å². The molecule has 1 heterocycles. The Morgan fingerprint density at radius 2 is 2.35 bits per heavy atom. The average Bonchev–Trinajstić information content (AvgIpc) is 2.69. The minimum atomic E-state index is -0.976. The molecule has 0 aliphatic rings. The van der Waals surface area contributed by atoms with Crippen LogP contribution in [0.15, 0.2) is 21.4 Å². The van der Waals surface area contributed by atoms with Gasteiger partial charge in [-0.1, -0.05) is 0 Å². The summed E-state index contributed by atoms with van der Waals surface area (Å²) < 4.78 is 10.2. The fourth-order valence-corrected chi connectivity index (χ4v) is 1.61. The number of furan rings is 1. The Bertz CT molecular complexity index is 403. The number of rotatable bonds is 6. The number of carbonyl (C=O) groups is 2. The molecule has 0 aromatic carbocycles. The Hall–Kier alpha value is -1.34. The second-order valence-electron chi connectivity index (χ2n) is 3.27. The third-order valence-corrected chi connectivity index (χ3v) is 2.70. The van der Waals surface area contributed by atoms with Crippen molar-refractivity contribution in [2.45, 2.75) is 12.5 Å². The first-order valence-electron chi connectivity index (χ1n) is 4.80. The van der Waals surface area contributed by atoms with E-state index in [2.05, 4.69) is 21.2 Å². The zero-order chi connectivity index (χ0) is 12.8. The number of nitrogens with one attached hydrogen (secondary N) is 1. The topological polar surface area (TPSA) is 88.8 Å². The summed E-state index contributed by atoms with van der Waals surface area (Å²) in [7, 11) is 1.40. The maximum Gasteiger partial charge on any atom is 0.306 e. The van der Waals surface area contributed by atoms with Crippen molar-refractivity contribution in [3.8, 4) is 0 Å². The van der Waals surface area contributed by atoms with Crippen LogP contribution < -0.4 is 5.32 Å². The third kappa shape index (κ3) is 4.20. The van der Waals surface area contributed by atoms with Crippen LogP contribution in [0, 0.1) is 0 Å². The van der Waals surface area contributed by atoms with Gasteiger partial charge in [-0.15, -0.1) is 0 Å². The first-order chi connectivity index (χ1) is 8.04. The monoisotopic (exact) mass is 305 g/mol. The van der Waals surface area contributed by atoms with Crippen LogP contribution in [-0.4, -0.2) is 36.7 Å². The molecular formula is C10H12BrNO5. The van der Waals surface area contributed by atoms with Gasteiger partial charge in [-0.25, -0.2) is 0 Å². The molecule has 2 N–H and O–H groups in total. The largest absolute Gasteiger partial charge is 0.481 e. The Kier molecular flexibility index (Phi) is 5.17. The lowest BCUT2D eigenvalue weighted by Crippen LogP contribution is -2.34. The van der Waals surface area contributed by atoms with Crippen LogP contribution in [0.4, 0.5) is 0 Å². The van der Waals surface area contributed by atoms with Crippen molar-refractivity contribution in [1.29, 1.82) is 0 Å². The van der Waals surface area contributed by atoms with Crippen molar-refractivity contribution < 1.29 is 23.8 Å². The molecule has 1 aromatic rings. The van der Waals surface area contributed by atoms with E-state index in [-0.39, 0.29) is 18.9 Å². The standard InChI is InChI=1S/C10H12BrNO5/c1-16-6(4-8(13)14)5-12-10(15)7-2-3-17-9(7)11/h2-3,6H,4-5H2,1H3,(H,12,15)(H,13,14). The van der Waals surface area contributed by atoms with Gasteiger partial charge in [-0.3, -0.25) is 9.59 Å². The lowest BCUT2D eigenvalue weighted by Gasteiger charge is -2.13. The number of methoxy groups -OCH3 is 1. The smallest absolute Gasteiger partial charge is 0.306 e. The predicted molar refractivity (Wildman–Crippen MR) is 61.8 cm³/mol. The van der Waals surface area contributed by atoms with Crippen molar-refractivity contribution in [2.75, 3.05) is 13.7 Å². The predicted octanol–water partition coefficient (Wildman–Crippen LogP) is 1.26. The van der Waals surface area contributed by atoms with Crippen molar-refractivity contribution in [2.24, 2.45) is 0 Å². The Balaban J connectivity index is 2.47. The highest BCUT2D eigenvalue weighted by Crippen LogP contribution is 2.17. The van der Waals surface area contributed by atoms with Gasteiger partial charge in [0.1, 0.15) is 0 Å². The summed E-state index contributed by atoms with van der Waals surface area (Å²) in [6.07, 6.45) is 0.662. The number of carboxylic acids is 1. The van der Waals surface area contributed by atoms with E-state index in [4.69, 9.17) is 14.3 Å². The molecule has 0 aliphatic carbocycles. The summed E-state index contributed by atoms with van der Waals surface area (Å²) in [5.74, 6) is -1.33. The molecule has 1 amide bonds. The van der Waals surface area contributed by atoms with E-state index in [1.54, 1.807) is 0 Å². The summed E-state index contributed by atoms with van der Waals surface area (Å²) in [5, 5.41) is 11.2. The third-order valence-electron chi connectivity index (χ3n) is 2.09. The van der Waals surface area contributed by atoms with Gasteiger partial charge in [0.2, 0.25) is 0 Å². The molecule has 6 nitrogen and oxygen atoms in total. The van der Waals surface area contributed by atoms with Crippen molar-refractivity contribution in [1.82, 2.24) is 5.32 Å². The summed E-state index contributed by atoms with van der Waals surface area (Å²) in [6, 6.07) is 1.51. The van der Waals surface area contributed by atoms with Gasteiger partial charge >= 0.3 is 5.97 Å². The molecule has 0 bridgehead atoms. The Morgan fingerprint density at radius 1 is 1.65 bits per heavy atom. The molecule has 1 aromatic heterocycles. The first-order valence-corrected chi connectivity index (χ1v) is 5.59. The van der Waals surface area contributed by atoms with Gasteiger partial charge < -0.3 is 19.6 Å². The van der Waals surface area contributed by atoms with Crippen molar-refractivity contribution >= 4 is 27.8 Å². The van der Waals surface area contributed by atoms with Crippen LogP contribution in [0.3, 0.4) is 0 Å². The normalized spacial score (nSPS) is 12.1. The molecule has 94 valence electrons. The van der Waals surface area contributed by atoms with Crippen molar-refractivity contribution in [3.05, 3.63) is 22.6 Å². The number of aliphatic carboxylic acids is 1. The van der Waals surface area contributed by atoms with E-state index < -0.39 is 12.1 Å². The van der Waals surface area contributed by atoms with E-state index in [1.807, 2.05) is 0 Å². The number of halogens is 1. The minimum Gasteiger partial charge on any atom is -0.481 e. The summed E-state index contributed by atoms with van der Waals surface area (Å²) in [6.45, 7) is 0.124. The zero-order valence-corrected chi connectivity index (χ0v) is 10.7. The van der Waals surface area contributed by atoms with Gasteiger partial charge in [0, 0.05) is 13.7 Å². The summed E-state index contributed by atoms with van der Waals surface area (Å²) >= 11 is 3.08. The minimum absolute atomic E-state index is 0.124. The molecular weight excluding hydrogens is 294 g/mol. The van der Waals surface area contributed by atoms with E-state index in [9.17, 15) is 9.59 Å². The molecule has 17 heavy (non-hydrogen) atoms. The number of ether oxygens (including phenoxy) is 1. The first kappa shape index (κ1) is 13.7. The second kappa shape index (κ2) is 6.41. The van der Waals surface area contributed by atoms with Crippen LogP contribution in [0.25, 0.3) is 0 Å². The highest BCUT2D eigenvalue weighted by atomic mass is 79.9. The average molecular weight is 306 g/mol. The fraction of sp³-hybridized carbons (Fsp3) is 0.400. The van der Waals surface area contributed by atoms with Gasteiger partial charge in [-0.2, -0.15) is 0 Å². The second-order valence-corrected chi connectivity index (χ2v) is 3.99. The van der Waals surface area contributed by atoms with E-state index in [1.165, 1.54) is 19.4 Å². The molecule has 0 spiro atoms. The SMILES string of the molecule is COC(CNC(=O)c1ccoc1Br)CC(=O)O. The molecule has 7 heteroatoms. The van der Waals surface area contributed by atoms with Crippen LogP contribution in [0.5, 0.6) is 0 Å². The summed E-state index contributed by atoms with van der Waals surface area (Å²) in [4.78, 5) is 22.1. The number of amides is 1. The summed E-state index contributed by atoms with van der Waals surface area (Å²) in [5.41, 5.74) is 0.357. The molecule has 1 unspecified atom stereocenters. The number of hydrogen-bond acceptors (Lipinski definition) is 4. The molecule has 1 rings (SSSR count). The molecule has 0 saturated carbocycles. The molecule has 0 fully saturated rings. The highest BCUT2D eigenvalue weighted by molar-refractivity contribution is 9.10. The van der Waals surface area contributed by atoms with Gasteiger partial charge in [-0.05, 0) is 22.0 Å². The quantitative estimate of drug-likeness (QED) is 0.826. The van der Waals surface area contributed by atoms with Crippen LogP contribution in [-0.2, 0) is 9.53 Å². The van der Waals surface area contributed by atoms with Crippen molar-refractivity contribution in [3.63, 3.8) is 0 Å². The van der Waals surface area contributed by atoms with Gasteiger partial charge in [0.15, 0.2) is 4.67 Å². The molecule has 0 aliphatic heterocycles. The fourth-order valence-electron chi connectivity index (χ4n) is 1.19. The maximum atomic E-state index is 11.6. The lowest BCUT2D eigenvalue weighted by molar-refractivity contribution is -0.139. The maximum absolute atomic E-state index is 11.6. The zero-order valence-electron chi connectivity index (χ0n) is 9.10. The number of hydrogen-bond donors (Lipinski definition) is 2. The van der Waals surface area contributed by atoms with Crippen LogP contribution >= 0.6 is 15.9 Å². The van der Waals surface area contributed by atoms with Crippen LogP contribution in [0.1, 0.15) is 16.8 Å². The highest BCUT2D eigenvalue weighted by Gasteiger charge is 2.16. The van der Waals surface area contributed by atoms with Crippen LogP contribution in [0.2, 0.25) is 0 Å². The molecule has 1 atom stereocenters. The Morgan fingerprint density at radius 3 is 2.82 bits per heavy atom. The lowest BCUT2D eigenvalue weighted by atomic mass is 10.2. The van der Waals surface area contributed by atoms with Gasteiger partial charge in [0.05, 0.1) is 24.4 Å². The Labute approximate surface area is 106 Å². The van der Waals surface area contributed by atoms with E-state index in [0.717, 1.165) is 0 Å². The molecule has 0 saturated heterocycles. The van der Waals surface area contributed by atoms with E-state index >= 15 is 0 Å². The molecule has 0 radical (unpaired) electrons. The van der Waals surface area contributed by atoms with Gasteiger partial charge in [0.25, 0.3) is 5.91 Å².